The van der Waals surface area contributed by atoms with Crippen molar-refractivity contribution in [3.8, 4) is 0 Å². The zero-order valence-electron chi connectivity index (χ0n) is 21.4. The average Bonchev–Trinajstić information content (AvgIpc) is 2.85. The number of amides is 2. The van der Waals surface area contributed by atoms with Crippen molar-refractivity contribution in [2.75, 3.05) is 19.6 Å². The quantitative estimate of drug-likeness (QED) is 0.448. The first-order valence-corrected chi connectivity index (χ1v) is 12.0. The SMILES string of the molecule is CC(C(C(N)=O)c1ccccc1F)N1CCN(C(=O)C(N)Cc2ccc(F)cc2)C(C)C1.O=C(O)C(F)(F)F. The first kappa shape index (κ1) is 31.6. The topological polar surface area (TPSA) is 130 Å². The molecule has 4 unspecified atom stereocenters. The summed E-state index contributed by atoms with van der Waals surface area (Å²) < 4.78 is 59.2. The Morgan fingerprint density at radius 1 is 1.05 bits per heavy atom. The molecule has 0 spiro atoms. The lowest BCUT2D eigenvalue weighted by molar-refractivity contribution is -0.192. The molecule has 1 aliphatic rings. The van der Waals surface area contributed by atoms with Crippen molar-refractivity contribution in [2.24, 2.45) is 11.5 Å². The molecule has 0 radical (unpaired) electrons. The molecule has 5 N–H and O–H groups in total. The minimum Gasteiger partial charge on any atom is -0.475 e. The Balaban J connectivity index is 0.000000673. The van der Waals surface area contributed by atoms with E-state index in [2.05, 4.69) is 4.90 Å². The fourth-order valence-electron chi connectivity index (χ4n) is 4.45. The number of carbonyl (C=O) groups is 3. The van der Waals surface area contributed by atoms with Gasteiger partial charge in [0.25, 0.3) is 0 Å². The van der Waals surface area contributed by atoms with Crippen LogP contribution >= 0.6 is 0 Å². The summed E-state index contributed by atoms with van der Waals surface area (Å²) in [7, 11) is 0. The van der Waals surface area contributed by atoms with Crippen LogP contribution in [0.15, 0.2) is 48.5 Å². The number of halogens is 5. The maximum atomic E-state index is 14.3. The van der Waals surface area contributed by atoms with E-state index in [1.165, 1.54) is 18.2 Å². The van der Waals surface area contributed by atoms with Gasteiger partial charge in [0.2, 0.25) is 11.8 Å². The normalized spacial score (nSPS) is 18.4. The zero-order valence-corrected chi connectivity index (χ0v) is 21.4. The molecule has 0 bridgehead atoms. The van der Waals surface area contributed by atoms with Crippen LogP contribution in [0.5, 0.6) is 0 Å². The van der Waals surface area contributed by atoms with Gasteiger partial charge >= 0.3 is 12.1 Å². The molecule has 2 aromatic carbocycles. The van der Waals surface area contributed by atoms with Crippen LogP contribution < -0.4 is 11.5 Å². The van der Waals surface area contributed by atoms with Crippen molar-refractivity contribution in [3.63, 3.8) is 0 Å². The molecule has 3 rings (SSSR count). The molecule has 1 aliphatic heterocycles. The fraction of sp³-hybridized carbons (Fsp3) is 0.423. The Morgan fingerprint density at radius 2 is 1.62 bits per heavy atom. The van der Waals surface area contributed by atoms with Crippen molar-refractivity contribution < 1.29 is 41.4 Å². The van der Waals surface area contributed by atoms with Crippen LogP contribution in [0.3, 0.4) is 0 Å². The molecule has 0 aromatic heterocycles. The number of nitrogens with zero attached hydrogens (tertiary/aromatic N) is 2. The average molecular weight is 559 g/mol. The summed E-state index contributed by atoms with van der Waals surface area (Å²) in [5.74, 6) is -5.11. The smallest absolute Gasteiger partial charge is 0.475 e. The van der Waals surface area contributed by atoms with Crippen LogP contribution in [0.4, 0.5) is 22.0 Å². The minimum atomic E-state index is -5.08. The lowest BCUT2D eigenvalue weighted by Gasteiger charge is -2.44. The van der Waals surface area contributed by atoms with Gasteiger partial charge in [0.15, 0.2) is 0 Å². The number of rotatable bonds is 7. The minimum absolute atomic E-state index is 0.146. The largest absolute Gasteiger partial charge is 0.490 e. The summed E-state index contributed by atoms with van der Waals surface area (Å²) in [6.07, 6.45) is -4.76. The van der Waals surface area contributed by atoms with E-state index < -0.39 is 35.8 Å². The summed E-state index contributed by atoms with van der Waals surface area (Å²) in [5.41, 5.74) is 12.9. The Labute approximate surface area is 222 Å². The van der Waals surface area contributed by atoms with E-state index in [1.807, 2.05) is 13.8 Å². The summed E-state index contributed by atoms with van der Waals surface area (Å²) >= 11 is 0. The highest BCUT2D eigenvalue weighted by Crippen LogP contribution is 2.27. The first-order chi connectivity index (χ1) is 18.1. The Kier molecular flexibility index (Phi) is 10.9. The van der Waals surface area contributed by atoms with E-state index in [4.69, 9.17) is 21.4 Å². The van der Waals surface area contributed by atoms with Crippen molar-refractivity contribution in [3.05, 3.63) is 71.3 Å². The number of benzene rings is 2. The van der Waals surface area contributed by atoms with Crippen molar-refractivity contribution in [2.45, 2.75) is 50.5 Å². The fourth-order valence-corrected chi connectivity index (χ4v) is 4.45. The molecule has 1 saturated heterocycles. The summed E-state index contributed by atoms with van der Waals surface area (Å²) in [6.45, 7) is 5.23. The molecule has 13 heteroatoms. The van der Waals surface area contributed by atoms with Gasteiger partial charge in [-0.05, 0) is 44.0 Å². The maximum Gasteiger partial charge on any atom is 0.490 e. The third kappa shape index (κ3) is 8.72. The number of primary amides is 1. The van der Waals surface area contributed by atoms with Crippen molar-refractivity contribution >= 4 is 17.8 Å². The Morgan fingerprint density at radius 3 is 2.10 bits per heavy atom. The van der Waals surface area contributed by atoms with Crippen LogP contribution in [-0.2, 0) is 20.8 Å². The molecule has 0 aliphatic carbocycles. The third-order valence-electron chi connectivity index (χ3n) is 6.48. The Hall–Kier alpha value is -3.58. The number of hydrogen-bond donors (Lipinski definition) is 3. The van der Waals surface area contributed by atoms with Gasteiger partial charge in [0.1, 0.15) is 11.6 Å². The van der Waals surface area contributed by atoms with E-state index in [1.54, 1.807) is 35.2 Å². The van der Waals surface area contributed by atoms with Gasteiger partial charge in [-0.15, -0.1) is 0 Å². The number of carbonyl (C=O) groups excluding carboxylic acids is 2. The van der Waals surface area contributed by atoms with Gasteiger partial charge < -0.3 is 21.5 Å². The summed E-state index contributed by atoms with van der Waals surface area (Å²) in [6, 6.07) is 10.9. The number of carboxylic acid groups (broad SMARTS) is 1. The number of hydrogen-bond acceptors (Lipinski definition) is 5. The van der Waals surface area contributed by atoms with Gasteiger partial charge in [0.05, 0.1) is 12.0 Å². The number of carboxylic acids is 1. The molecule has 1 fully saturated rings. The molecule has 2 amide bonds. The van der Waals surface area contributed by atoms with Crippen LogP contribution in [0.25, 0.3) is 0 Å². The molecule has 4 atom stereocenters. The highest BCUT2D eigenvalue weighted by molar-refractivity contribution is 5.83. The van der Waals surface area contributed by atoms with Crippen molar-refractivity contribution in [1.82, 2.24) is 9.80 Å². The van der Waals surface area contributed by atoms with Gasteiger partial charge in [0, 0.05) is 37.3 Å². The van der Waals surface area contributed by atoms with Gasteiger partial charge in [-0.3, -0.25) is 14.5 Å². The molecule has 8 nitrogen and oxygen atoms in total. The lowest BCUT2D eigenvalue weighted by Crippen LogP contribution is -2.60. The Bertz CT molecular complexity index is 1150. The van der Waals surface area contributed by atoms with Crippen LogP contribution in [0.1, 0.15) is 30.9 Å². The molecule has 2 aromatic rings. The predicted molar refractivity (Wildman–Crippen MR) is 132 cm³/mol. The molecular weight excluding hydrogens is 527 g/mol. The monoisotopic (exact) mass is 558 g/mol. The van der Waals surface area contributed by atoms with E-state index in [-0.39, 0.29) is 29.4 Å². The zero-order chi connectivity index (χ0) is 29.5. The van der Waals surface area contributed by atoms with Crippen LogP contribution in [0, 0.1) is 11.6 Å². The number of aliphatic carboxylic acids is 1. The number of nitrogens with two attached hydrogens (primary N) is 2. The maximum absolute atomic E-state index is 14.3. The third-order valence-corrected chi connectivity index (χ3v) is 6.48. The molecule has 0 saturated carbocycles. The van der Waals surface area contributed by atoms with E-state index in [9.17, 15) is 31.5 Å². The van der Waals surface area contributed by atoms with Crippen LogP contribution in [0.2, 0.25) is 0 Å². The second kappa shape index (κ2) is 13.5. The van der Waals surface area contributed by atoms with Crippen molar-refractivity contribution in [1.29, 1.82) is 0 Å². The standard InChI is InChI=1S/C24H30F2N4O2.C2HF3O2/c1-15-14-29(16(2)22(23(28)31)19-5-3-4-6-20(19)26)11-12-30(15)24(32)21(27)13-17-7-9-18(25)10-8-17;3-2(4,5)1(6)7/h3-10,15-16,21-22H,11-14,27H2,1-2H3,(H2,28,31);(H,6,7). The van der Waals surface area contributed by atoms with Crippen LogP contribution in [-0.4, -0.2) is 76.6 Å². The van der Waals surface area contributed by atoms with E-state index in [0.29, 0.717) is 26.1 Å². The highest BCUT2D eigenvalue weighted by atomic mass is 19.4. The lowest BCUT2D eigenvalue weighted by atomic mass is 9.89. The predicted octanol–water partition coefficient (Wildman–Crippen LogP) is 2.66. The number of alkyl halides is 3. The summed E-state index contributed by atoms with van der Waals surface area (Å²) in [5, 5.41) is 7.12. The molecule has 39 heavy (non-hydrogen) atoms. The van der Waals surface area contributed by atoms with Gasteiger partial charge in [-0.2, -0.15) is 13.2 Å². The van der Waals surface area contributed by atoms with E-state index in [0.717, 1.165) is 5.56 Å². The van der Waals surface area contributed by atoms with E-state index >= 15 is 0 Å². The summed E-state index contributed by atoms with van der Waals surface area (Å²) in [4.78, 5) is 37.8. The second-order valence-corrected chi connectivity index (χ2v) is 9.26. The molecule has 1 heterocycles. The number of piperazine rings is 1. The highest BCUT2D eigenvalue weighted by Gasteiger charge is 2.38. The molecular formula is C26H31F5N4O4. The van der Waals surface area contributed by atoms with Gasteiger partial charge in [-0.1, -0.05) is 30.3 Å². The van der Waals surface area contributed by atoms with Gasteiger partial charge in [-0.25, -0.2) is 13.6 Å². The first-order valence-electron chi connectivity index (χ1n) is 12.0. The molecule has 214 valence electrons. The second-order valence-electron chi connectivity index (χ2n) is 9.26.